The van der Waals surface area contributed by atoms with E-state index in [2.05, 4.69) is 76.5 Å². The topological polar surface area (TPSA) is 30.3 Å². The molecule has 0 radical (unpaired) electrons. The predicted molar refractivity (Wildman–Crippen MR) is 123 cm³/mol. The minimum Gasteiger partial charge on any atom is -0.365 e. The normalized spacial score (nSPS) is 21.4. The van der Waals surface area contributed by atoms with Crippen molar-refractivity contribution in [2.75, 3.05) is 19.6 Å². The van der Waals surface area contributed by atoms with Gasteiger partial charge in [-0.3, -0.25) is 4.90 Å². The molecule has 6 rings (SSSR count). The molecule has 2 aliphatic heterocycles. The van der Waals surface area contributed by atoms with E-state index in [0.29, 0.717) is 0 Å². The fourth-order valence-electron chi connectivity index (χ4n) is 5.60. The molecule has 4 nitrogen and oxygen atoms in total. The lowest BCUT2D eigenvalue weighted by molar-refractivity contribution is -0.0773. The Labute approximate surface area is 184 Å². The molecular weight excluding hydrogens is 382 g/mol. The molecule has 3 heterocycles. The highest BCUT2D eigenvalue weighted by Crippen LogP contribution is 2.44. The lowest BCUT2D eigenvalue weighted by Crippen LogP contribution is -2.42. The van der Waals surface area contributed by atoms with Gasteiger partial charge in [-0.05, 0) is 60.9 Å². The van der Waals surface area contributed by atoms with E-state index in [0.717, 1.165) is 57.6 Å². The van der Waals surface area contributed by atoms with Crippen LogP contribution in [0.25, 0.3) is 11.3 Å². The summed E-state index contributed by atoms with van der Waals surface area (Å²) in [5, 5.41) is 4.73. The fourth-order valence-corrected chi connectivity index (χ4v) is 5.60. The van der Waals surface area contributed by atoms with Gasteiger partial charge in [-0.2, -0.15) is 5.10 Å². The number of aromatic nitrogens is 2. The van der Waals surface area contributed by atoms with Gasteiger partial charge >= 0.3 is 0 Å². The quantitative estimate of drug-likeness (QED) is 0.600. The molecule has 0 atom stereocenters. The summed E-state index contributed by atoms with van der Waals surface area (Å²) in [6.07, 6.45) is 10.2. The molecule has 0 N–H and O–H groups in total. The molecule has 31 heavy (non-hydrogen) atoms. The van der Waals surface area contributed by atoms with Gasteiger partial charge in [-0.25, -0.2) is 4.68 Å². The summed E-state index contributed by atoms with van der Waals surface area (Å²) >= 11 is 0. The molecule has 0 unspecified atom stereocenters. The van der Waals surface area contributed by atoms with Gasteiger partial charge in [0.1, 0.15) is 0 Å². The van der Waals surface area contributed by atoms with Gasteiger partial charge in [-0.1, -0.05) is 48.5 Å². The highest BCUT2D eigenvalue weighted by atomic mass is 16.5. The first-order valence-electron chi connectivity index (χ1n) is 11.6. The van der Waals surface area contributed by atoms with Crippen LogP contribution in [0, 0.1) is 0 Å². The number of hydrogen-bond donors (Lipinski definition) is 0. The first-order chi connectivity index (χ1) is 15.3. The Morgan fingerprint density at radius 3 is 2.65 bits per heavy atom. The van der Waals surface area contributed by atoms with Crippen molar-refractivity contribution < 1.29 is 4.74 Å². The summed E-state index contributed by atoms with van der Waals surface area (Å²) in [5.74, 6) is 0. The zero-order valence-electron chi connectivity index (χ0n) is 18.0. The van der Waals surface area contributed by atoms with Crippen molar-refractivity contribution in [2.24, 2.45) is 0 Å². The lowest BCUT2D eigenvalue weighted by Gasteiger charge is -2.39. The van der Waals surface area contributed by atoms with E-state index < -0.39 is 0 Å². The van der Waals surface area contributed by atoms with Crippen LogP contribution in [-0.2, 0) is 23.4 Å². The molecule has 0 bridgehead atoms. The average Bonchev–Trinajstić information content (AvgIpc) is 3.42. The van der Waals surface area contributed by atoms with Crippen LogP contribution in [-0.4, -0.2) is 34.3 Å². The number of rotatable bonds is 3. The van der Waals surface area contributed by atoms with Gasteiger partial charge in [0, 0.05) is 25.2 Å². The SMILES string of the molecule is C(CN1CCC2(CC1)OCc1ccccc12)=C1CCCc2c1cnn2-c1ccccc1. The maximum atomic E-state index is 6.33. The first-order valence-corrected chi connectivity index (χ1v) is 11.6. The molecule has 0 amide bonds. The fraction of sp³-hybridized carbons (Fsp3) is 0.370. The van der Waals surface area contributed by atoms with Gasteiger partial charge in [0.05, 0.1) is 29.8 Å². The Morgan fingerprint density at radius 1 is 0.968 bits per heavy atom. The van der Waals surface area contributed by atoms with Crippen molar-refractivity contribution in [1.29, 1.82) is 0 Å². The lowest BCUT2D eigenvalue weighted by atomic mass is 9.84. The van der Waals surface area contributed by atoms with Crippen molar-refractivity contribution >= 4 is 5.57 Å². The molecular formula is C27H29N3O. The number of allylic oxidation sites excluding steroid dienone is 1. The molecule has 3 aliphatic rings. The van der Waals surface area contributed by atoms with Gasteiger partial charge in [0.15, 0.2) is 0 Å². The number of hydrogen-bond acceptors (Lipinski definition) is 3. The highest BCUT2D eigenvalue weighted by Gasteiger charge is 2.42. The molecule has 1 saturated heterocycles. The summed E-state index contributed by atoms with van der Waals surface area (Å²) in [6.45, 7) is 3.97. The Morgan fingerprint density at radius 2 is 1.77 bits per heavy atom. The van der Waals surface area contributed by atoms with Crippen LogP contribution < -0.4 is 0 Å². The second kappa shape index (κ2) is 7.77. The van der Waals surface area contributed by atoms with Crippen LogP contribution >= 0.6 is 0 Å². The number of benzene rings is 2. The van der Waals surface area contributed by atoms with E-state index >= 15 is 0 Å². The van der Waals surface area contributed by atoms with Crippen LogP contribution in [0.4, 0.5) is 0 Å². The zero-order valence-corrected chi connectivity index (χ0v) is 18.0. The van der Waals surface area contributed by atoms with E-state index in [1.807, 2.05) is 0 Å². The molecule has 3 aromatic rings. The van der Waals surface area contributed by atoms with Crippen LogP contribution in [0.15, 0.2) is 66.9 Å². The number of piperidine rings is 1. The average molecular weight is 412 g/mol. The summed E-state index contributed by atoms with van der Waals surface area (Å²) < 4.78 is 8.46. The zero-order chi connectivity index (χ0) is 20.7. The minimum atomic E-state index is -0.0466. The van der Waals surface area contributed by atoms with E-state index in [1.165, 1.54) is 34.4 Å². The second-order valence-corrected chi connectivity index (χ2v) is 9.08. The van der Waals surface area contributed by atoms with E-state index in [4.69, 9.17) is 9.84 Å². The van der Waals surface area contributed by atoms with Gasteiger partial charge in [0.25, 0.3) is 0 Å². The summed E-state index contributed by atoms with van der Waals surface area (Å²) in [6, 6.07) is 19.3. The van der Waals surface area contributed by atoms with Gasteiger partial charge in [-0.15, -0.1) is 0 Å². The molecule has 1 fully saturated rings. The van der Waals surface area contributed by atoms with E-state index in [1.54, 1.807) is 0 Å². The van der Waals surface area contributed by atoms with Crippen LogP contribution in [0.5, 0.6) is 0 Å². The first kappa shape index (κ1) is 19.0. The third-order valence-electron chi connectivity index (χ3n) is 7.35. The molecule has 1 spiro atoms. The van der Waals surface area contributed by atoms with Crippen molar-refractivity contribution in [3.05, 3.63) is 89.3 Å². The third kappa shape index (κ3) is 3.35. The molecule has 1 aliphatic carbocycles. The maximum Gasteiger partial charge on any atom is 0.0963 e. The standard InChI is InChI=1S/C27H29N3O/c1-2-9-23(10-3-1)30-26-12-6-8-21(24(26)19-28-30)13-16-29-17-14-27(15-18-29)25-11-5-4-7-22(25)20-31-27/h1-5,7,9-11,13,19H,6,8,12,14-18,20H2. The second-order valence-electron chi connectivity index (χ2n) is 9.08. The highest BCUT2D eigenvalue weighted by molar-refractivity contribution is 5.69. The van der Waals surface area contributed by atoms with Crippen LogP contribution in [0.3, 0.4) is 0 Å². The number of para-hydroxylation sites is 1. The molecule has 158 valence electrons. The van der Waals surface area contributed by atoms with Crippen molar-refractivity contribution in [3.8, 4) is 5.69 Å². The third-order valence-corrected chi connectivity index (χ3v) is 7.35. The van der Waals surface area contributed by atoms with E-state index in [9.17, 15) is 0 Å². The Kier molecular flexibility index (Phi) is 4.77. The predicted octanol–water partition coefficient (Wildman–Crippen LogP) is 5.11. The van der Waals surface area contributed by atoms with Crippen LogP contribution in [0.2, 0.25) is 0 Å². The summed E-state index contributed by atoms with van der Waals surface area (Å²) in [7, 11) is 0. The number of nitrogens with zero attached hydrogens (tertiary/aromatic N) is 3. The Hall–Kier alpha value is -2.69. The molecule has 4 heteroatoms. The number of fused-ring (bicyclic) bond motifs is 3. The van der Waals surface area contributed by atoms with E-state index in [-0.39, 0.29) is 5.60 Å². The van der Waals surface area contributed by atoms with Gasteiger partial charge in [0.2, 0.25) is 0 Å². The maximum absolute atomic E-state index is 6.33. The minimum absolute atomic E-state index is 0.0466. The largest absolute Gasteiger partial charge is 0.365 e. The number of ether oxygens (including phenoxy) is 1. The monoisotopic (exact) mass is 411 g/mol. The van der Waals surface area contributed by atoms with Gasteiger partial charge < -0.3 is 4.74 Å². The Bertz CT molecular complexity index is 1110. The smallest absolute Gasteiger partial charge is 0.0963 e. The molecule has 0 saturated carbocycles. The van der Waals surface area contributed by atoms with Crippen LogP contribution in [0.1, 0.15) is 48.1 Å². The molecule has 2 aromatic carbocycles. The molecule has 1 aromatic heterocycles. The Balaban J connectivity index is 1.16. The van der Waals surface area contributed by atoms with Crippen molar-refractivity contribution in [3.63, 3.8) is 0 Å². The summed E-state index contributed by atoms with van der Waals surface area (Å²) in [4.78, 5) is 2.58. The summed E-state index contributed by atoms with van der Waals surface area (Å²) in [5.41, 5.74) is 8.08. The van der Waals surface area contributed by atoms with Crippen molar-refractivity contribution in [1.82, 2.24) is 14.7 Å². The van der Waals surface area contributed by atoms with Crippen molar-refractivity contribution in [2.45, 2.75) is 44.3 Å². The number of likely N-dealkylation sites (tertiary alicyclic amines) is 1.